The standard InChI is InChI=1S/C14H23N5O2/c1-3-9(2)13(15)14(21)18-11-6-16-19(7-11)8-12(20)17-10-4-5-10/h6-7,9-10,13H,3-5,8,15H2,1-2H3,(H,17,20)(H,18,21)/t9-,13-/m0/s1. The van der Waals surface area contributed by atoms with Crippen LogP contribution in [-0.2, 0) is 16.1 Å². The molecule has 0 aromatic carbocycles. The van der Waals surface area contributed by atoms with Gasteiger partial charge in [-0.05, 0) is 18.8 Å². The second-order valence-electron chi connectivity index (χ2n) is 5.67. The molecule has 1 fully saturated rings. The number of nitrogens with two attached hydrogens (primary N) is 1. The van der Waals surface area contributed by atoms with Gasteiger partial charge in [-0.1, -0.05) is 20.3 Å². The van der Waals surface area contributed by atoms with Crippen molar-refractivity contribution in [3.8, 4) is 0 Å². The van der Waals surface area contributed by atoms with Crippen molar-refractivity contribution in [1.82, 2.24) is 15.1 Å². The Morgan fingerprint density at radius 2 is 2.24 bits per heavy atom. The van der Waals surface area contributed by atoms with Crippen LogP contribution in [0.3, 0.4) is 0 Å². The van der Waals surface area contributed by atoms with Crippen molar-refractivity contribution in [2.24, 2.45) is 11.7 Å². The summed E-state index contributed by atoms with van der Waals surface area (Å²) in [5.41, 5.74) is 6.42. The smallest absolute Gasteiger partial charge is 0.241 e. The van der Waals surface area contributed by atoms with Crippen LogP contribution in [0.5, 0.6) is 0 Å². The third kappa shape index (κ3) is 4.56. The highest BCUT2D eigenvalue weighted by atomic mass is 16.2. The van der Waals surface area contributed by atoms with E-state index in [-0.39, 0.29) is 24.3 Å². The summed E-state index contributed by atoms with van der Waals surface area (Å²) in [7, 11) is 0. The van der Waals surface area contributed by atoms with E-state index in [1.54, 1.807) is 6.20 Å². The quantitative estimate of drug-likeness (QED) is 0.680. The SMILES string of the molecule is CC[C@H](C)[C@H](N)C(=O)Nc1cnn(CC(=O)NC2CC2)c1. The molecule has 1 aliphatic rings. The molecule has 0 spiro atoms. The normalized spacial score (nSPS) is 17.1. The molecule has 1 heterocycles. The Labute approximate surface area is 124 Å². The van der Waals surface area contributed by atoms with Crippen molar-refractivity contribution >= 4 is 17.5 Å². The zero-order chi connectivity index (χ0) is 15.4. The van der Waals surface area contributed by atoms with E-state index in [0.29, 0.717) is 11.7 Å². The lowest BCUT2D eigenvalue weighted by molar-refractivity contribution is -0.122. The van der Waals surface area contributed by atoms with E-state index in [9.17, 15) is 9.59 Å². The number of amides is 2. The van der Waals surface area contributed by atoms with Crippen LogP contribution in [0, 0.1) is 5.92 Å². The number of hydrogen-bond donors (Lipinski definition) is 3. The molecule has 2 amide bonds. The minimum absolute atomic E-state index is 0.0604. The number of nitrogens with one attached hydrogen (secondary N) is 2. The highest BCUT2D eigenvalue weighted by Gasteiger charge is 2.23. The van der Waals surface area contributed by atoms with E-state index >= 15 is 0 Å². The van der Waals surface area contributed by atoms with Crippen LogP contribution in [0.1, 0.15) is 33.1 Å². The summed E-state index contributed by atoms with van der Waals surface area (Å²) < 4.78 is 1.50. The minimum atomic E-state index is -0.545. The van der Waals surface area contributed by atoms with Crippen LogP contribution >= 0.6 is 0 Å². The second-order valence-corrected chi connectivity index (χ2v) is 5.67. The first-order valence-electron chi connectivity index (χ1n) is 7.37. The van der Waals surface area contributed by atoms with Gasteiger partial charge in [0.05, 0.1) is 17.9 Å². The molecule has 0 bridgehead atoms. The molecular formula is C14H23N5O2. The van der Waals surface area contributed by atoms with E-state index in [4.69, 9.17) is 5.73 Å². The highest BCUT2D eigenvalue weighted by Crippen LogP contribution is 2.18. The summed E-state index contributed by atoms with van der Waals surface area (Å²) in [6.07, 6.45) is 6.11. The molecule has 7 heteroatoms. The molecule has 0 radical (unpaired) electrons. The monoisotopic (exact) mass is 293 g/mol. The van der Waals surface area contributed by atoms with Crippen LogP contribution in [0.15, 0.2) is 12.4 Å². The number of anilines is 1. The van der Waals surface area contributed by atoms with Crippen LogP contribution in [0.4, 0.5) is 5.69 Å². The van der Waals surface area contributed by atoms with Gasteiger partial charge >= 0.3 is 0 Å². The number of rotatable bonds is 7. The fraction of sp³-hybridized carbons (Fsp3) is 0.643. The summed E-state index contributed by atoms with van der Waals surface area (Å²) in [6, 6.07) is -0.211. The lowest BCUT2D eigenvalue weighted by Gasteiger charge is -2.16. The molecule has 4 N–H and O–H groups in total. The topological polar surface area (TPSA) is 102 Å². The molecular weight excluding hydrogens is 270 g/mol. The Morgan fingerprint density at radius 3 is 2.86 bits per heavy atom. The number of carbonyl (C=O) groups is 2. The fourth-order valence-corrected chi connectivity index (χ4v) is 1.90. The Balaban J connectivity index is 1.84. The first-order chi connectivity index (χ1) is 9.99. The first-order valence-corrected chi connectivity index (χ1v) is 7.37. The molecule has 116 valence electrons. The molecule has 0 aliphatic heterocycles. The number of nitrogens with zero attached hydrogens (tertiary/aromatic N) is 2. The third-order valence-corrected chi connectivity index (χ3v) is 3.71. The van der Waals surface area contributed by atoms with Crippen molar-refractivity contribution in [3.63, 3.8) is 0 Å². The number of hydrogen-bond acceptors (Lipinski definition) is 4. The van der Waals surface area contributed by atoms with E-state index in [1.807, 2.05) is 13.8 Å². The Kier molecular flexibility index (Phi) is 4.95. The summed E-state index contributed by atoms with van der Waals surface area (Å²) >= 11 is 0. The van der Waals surface area contributed by atoms with Gasteiger partial charge in [0.25, 0.3) is 0 Å². The van der Waals surface area contributed by atoms with Crippen molar-refractivity contribution in [2.75, 3.05) is 5.32 Å². The lowest BCUT2D eigenvalue weighted by atomic mass is 9.99. The van der Waals surface area contributed by atoms with Gasteiger partial charge in [0, 0.05) is 12.2 Å². The van der Waals surface area contributed by atoms with Gasteiger partial charge in [-0.3, -0.25) is 14.3 Å². The van der Waals surface area contributed by atoms with Crippen molar-refractivity contribution in [3.05, 3.63) is 12.4 Å². The zero-order valence-corrected chi connectivity index (χ0v) is 12.5. The minimum Gasteiger partial charge on any atom is -0.352 e. The summed E-state index contributed by atoms with van der Waals surface area (Å²) in [5.74, 6) is -0.175. The molecule has 7 nitrogen and oxygen atoms in total. The van der Waals surface area contributed by atoms with Crippen molar-refractivity contribution < 1.29 is 9.59 Å². The molecule has 1 aromatic rings. The lowest BCUT2D eigenvalue weighted by Crippen LogP contribution is -2.40. The molecule has 1 aromatic heterocycles. The molecule has 2 rings (SSSR count). The maximum Gasteiger partial charge on any atom is 0.241 e. The van der Waals surface area contributed by atoms with Gasteiger partial charge in [-0.2, -0.15) is 5.10 Å². The van der Waals surface area contributed by atoms with Gasteiger partial charge in [0.1, 0.15) is 6.54 Å². The summed E-state index contributed by atoms with van der Waals surface area (Å²) in [4.78, 5) is 23.6. The number of aromatic nitrogens is 2. The summed E-state index contributed by atoms with van der Waals surface area (Å²) in [6.45, 7) is 4.09. The van der Waals surface area contributed by atoms with Gasteiger partial charge in [-0.25, -0.2) is 0 Å². The van der Waals surface area contributed by atoms with Gasteiger partial charge < -0.3 is 16.4 Å². The fourth-order valence-electron chi connectivity index (χ4n) is 1.90. The molecule has 2 atom stereocenters. The van der Waals surface area contributed by atoms with Crippen molar-refractivity contribution in [2.45, 2.75) is 51.7 Å². The molecule has 1 saturated carbocycles. The predicted molar refractivity (Wildman–Crippen MR) is 79.5 cm³/mol. The largest absolute Gasteiger partial charge is 0.352 e. The van der Waals surface area contributed by atoms with Crippen LogP contribution in [0.25, 0.3) is 0 Å². The van der Waals surface area contributed by atoms with Crippen molar-refractivity contribution in [1.29, 1.82) is 0 Å². The Bertz CT molecular complexity index is 509. The van der Waals surface area contributed by atoms with E-state index in [2.05, 4.69) is 15.7 Å². The van der Waals surface area contributed by atoms with E-state index in [0.717, 1.165) is 19.3 Å². The van der Waals surface area contributed by atoms with Gasteiger partial charge in [0.15, 0.2) is 0 Å². The maximum absolute atomic E-state index is 11.9. The Hall–Kier alpha value is -1.89. The average molecular weight is 293 g/mol. The van der Waals surface area contributed by atoms with Crippen LogP contribution in [0.2, 0.25) is 0 Å². The molecule has 0 saturated heterocycles. The molecule has 21 heavy (non-hydrogen) atoms. The summed E-state index contributed by atoms with van der Waals surface area (Å²) in [5, 5.41) is 9.67. The van der Waals surface area contributed by atoms with E-state index < -0.39 is 6.04 Å². The van der Waals surface area contributed by atoms with Crippen LogP contribution in [-0.4, -0.2) is 33.7 Å². The van der Waals surface area contributed by atoms with Gasteiger partial charge in [0.2, 0.25) is 11.8 Å². The number of carbonyl (C=O) groups excluding carboxylic acids is 2. The van der Waals surface area contributed by atoms with E-state index in [1.165, 1.54) is 10.9 Å². The highest BCUT2D eigenvalue weighted by molar-refractivity contribution is 5.94. The van der Waals surface area contributed by atoms with Gasteiger partial charge in [-0.15, -0.1) is 0 Å². The van der Waals surface area contributed by atoms with Crippen LogP contribution < -0.4 is 16.4 Å². The molecule has 1 aliphatic carbocycles. The predicted octanol–water partition coefficient (Wildman–Crippen LogP) is 0.474. The Morgan fingerprint density at radius 1 is 1.52 bits per heavy atom. The zero-order valence-electron chi connectivity index (χ0n) is 12.5. The molecule has 0 unspecified atom stereocenters. The second kappa shape index (κ2) is 6.71. The maximum atomic E-state index is 11.9. The first kappa shape index (κ1) is 15.5. The average Bonchev–Trinajstić information content (AvgIpc) is 3.16. The third-order valence-electron chi connectivity index (χ3n) is 3.71.